The van der Waals surface area contributed by atoms with Crippen molar-refractivity contribution in [2.45, 2.75) is 12.8 Å². The highest BCUT2D eigenvalue weighted by Gasteiger charge is 2.29. The van der Waals surface area contributed by atoms with E-state index >= 15 is 0 Å². The van der Waals surface area contributed by atoms with Gasteiger partial charge < -0.3 is 20.0 Å². The molecule has 0 aliphatic heterocycles. The van der Waals surface area contributed by atoms with Crippen LogP contribution in [0.5, 0.6) is 5.75 Å². The molecule has 0 spiro atoms. The second kappa shape index (κ2) is 5.34. The van der Waals surface area contributed by atoms with Gasteiger partial charge in [-0.2, -0.15) is 0 Å². The molecule has 1 aromatic rings. The molecule has 0 aromatic carbocycles. The Morgan fingerprint density at radius 2 is 2.28 bits per heavy atom. The number of alkyl halides is 2. The first-order valence-electron chi connectivity index (χ1n) is 4.58. The molecule has 18 heavy (non-hydrogen) atoms. The number of hydrogen-bond acceptors (Lipinski definition) is 6. The van der Waals surface area contributed by atoms with Crippen LogP contribution in [0.1, 0.15) is 17.6 Å². The van der Waals surface area contributed by atoms with Gasteiger partial charge in [0.25, 0.3) is 6.43 Å². The number of methoxy groups -OCH3 is 1. The smallest absolute Gasteiger partial charge is 0.367 e. The minimum absolute atomic E-state index is 0.542. The number of aromatic nitrogens is 1. The van der Waals surface area contributed by atoms with E-state index in [0.717, 1.165) is 7.11 Å². The van der Waals surface area contributed by atoms with Gasteiger partial charge in [0, 0.05) is 0 Å². The second-order valence-electron chi connectivity index (χ2n) is 3.17. The van der Waals surface area contributed by atoms with Gasteiger partial charge in [0.05, 0.1) is 24.7 Å². The molecule has 1 N–H and O–H groups in total. The van der Waals surface area contributed by atoms with E-state index < -0.39 is 46.4 Å². The average Bonchev–Trinajstić information content (AvgIpc) is 2.27. The first-order valence-corrected chi connectivity index (χ1v) is 4.58. The zero-order valence-corrected chi connectivity index (χ0v) is 9.09. The number of esters is 1. The summed E-state index contributed by atoms with van der Waals surface area (Å²) < 4.78 is 29.7. The Hall–Kier alpha value is -2.32. The van der Waals surface area contributed by atoms with Gasteiger partial charge in [-0.25, -0.2) is 8.78 Å². The fourth-order valence-electron chi connectivity index (χ4n) is 1.34. The molecule has 0 aliphatic rings. The molecule has 0 aliphatic carbocycles. The van der Waals surface area contributed by atoms with Crippen molar-refractivity contribution in [3.05, 3.63) is 27.4 Å². The summed E-state index contributed by atoms with van der Waals surface area (Å²) in [6, 6.07) is 0. The predicted octanol–water partition coefficient (Wildman–Crippen LogP) is 1.35. The van der Waals surface area contributed by atoms with Crippen LogP contribution in [0, 0.1) is 10.1 Å². The molecule has 1 heterocycles. The summed E-state index contributed by atoms with van der Waals surface area (Å²) in [4.78, 5) is 23.9. The fourth-order valence-corrected chi connectivity index (χ4v) is 1.34. The van der Waals surface area contributed by atoms with E-state index in [1.165, 1.54) is 0 Å². The normalized spacial score (nSPS) is 10.4. The molecular weight excluding hydrogens is 254 g/mol. The maximum absolute atomic E-state index is 12.7. The van der Waals surface area contributed by atoms with E-state index in [2.05, 4.69) is 9.72 Å². The Morgan fingerprint density at radius 1 is 1.67 bits per heavy atom. The highest BCUT2D eigenvalue weighted by molar-refractivity contribution is 5.74. The van der Waals surface area contributed by atoms with Gasteiger partial charge in [-0.15, -0.1) is 0 Å². The number of nitrogens with zero attached hydrogens (tertiary/aromatic N) is 2. The number of nitro groups is 1. The molecule has 1 rings (SSSR count). The predicted molar refractivity (Wildman–Crippen MR) is 53.2 cm³/mol. The first-order chi connectivity index (χ1) is 8.38. The lowest BCUT2D eigenvalue weighted by Crippen LogP contribution is -2.11. The second-order valence-corrected chi connectivity index (χ2v) is 3.17. The molecule has 0 atom stereocenters. The maximum Gasteiger partial charge on any atom is 0.367 e. The van der Waals surface area contributed by atoms with Crippen molar-refractivity contribution in [1.82, 2.24) is 4.98 Å². The summed E-state index contributed by atoms with van der Waals surface area (Å²) in [5, 5.41) is 19.9. The van der Waals surface area contributed by atoms with Gasteiger partial charge in [-0.05, 0) is 9.91 Å². The topological polar surface area (TPSA) is 103 Å². The van der Waals surface area contributed by atoms with Gasteiger partial charge in [-0.3, -0.25) is 4.79 Å². The van der Waals surface area contributed by atoms with Crippen molar-refractivity contribution < 1.29 is 28.3 Å². The van der Waals surface area contributed by atoms with Crippen LogP contribution < -0.4 is 0 Å². The third-order valence-electron chi connectivity index (χ3n) is 2.12. The quantitative estimate of drug-likeness (QED) is 0.499. The summed E-state index contributed by atoms with van der Waals surface area (Å²) in [6.45, 7) is 0. The van der Waals surface area contributed by atoms with E-state index in [-0.39, 0.29) is 0 Å². The van der Waals surface area contributed by atoms with Crippen LogP contribution in [-0.4, -0.2) is 28.1 Å². The zero-order valence-electron chi connectivity index (χ0n) is 9.09. The van der Waals surface area contributed by atoms with E-state index in [9.17, 15) is 28.8 Å². The lowest BCUT2D eigenvalue weighted by molar-refractivity contribution is -0.390. The van der Waals surface area contributed by atoms with E-state index in [1.54, 1.807) is 0 Å². The van der Waals surface area contributed by atoms with Crippen molar-refractivity contribution in [2.75, 3.05) is 7.11 Å². The van der Waals surface area contributed by atoms with Crippen LogP contribution >= 0.6 is 0 Å². The zero-order chi connectivity index (χ0) is 13.9. The van der Waals surface area contributed by atoms with E-state index in [1.807, 2.05) is 0 Å². The van der Waals surface area contributed by atoms with Crippen LogP contribution in [0.25, 0.3) is 0 Å². The van der Waals surface area contributed by atoms with E-state index in [0.29, 0.717) is 6.20 Å². The Balaban J connectivity index is 3.43. The number of rotatable bonds is 4. The number of pyridine rings is 1. The van der Waals surface area contributed by atoms with Crippen molar-refractivity contribution in [1.29, 1.82) is 0 Å². The molecule has 0 amide bonds. The summed E-state index contributed by atoms with van der Waals surface area (Å²) >= 11 is 0. The van der Waals surface area contributed by atoms with Gasteiger partial charge >= 0.3 is 11.8 Å². The molecule has 0 bridgehead atoms. The lowest BCUT2D eigenvalue weighted by Gasteiger charge is -2.09. The molecule has 7 nitrogen and oxygen atoms in total. The van der Waals surface area contributed by atoms with E-state index in [4.69, 9.17) is 0 Å². The fraction of sp³-hybridized carbons (Fsp3) is 0.333. The summed E-state index contributed by atoms with van der Waals surface area (Å²) in [5.74, 6) is -2.77. The summed E-state index contributed by atoms with van der Waals surface area (Å²) in [5.41, 5.74) is -1.64. The van der Waals surface area contributed by atoms with Gasteiger partial charge in [-0.1, -0.05) is 0 Å². The van der Waals surface area contributed by atoms with Crippen molar-refractivity contribution in [2.24, 2.45) is 0 Å². The minimum atomic E-state index is -3.17. The minimum Gasteiger partial charge on any atom is -0.504 e. The monoisotopic (exact) mass is 262 g/mol. The van der Waals surface area contributed by atoms with Crippen LogP contribution in [0.4, 0.5) is 14.6 Å². The number of ether oxygens (including phenoxy) is 1. The average molecular weight is 262 g/mol. The van der Waals surface area contributed by atoms with Gasteiger partial charge in [0.2, 0.25) is 0 Å². The van der Waals surface area contributed by atoms with Crippen molar-refractivity contribution in [3.63, 3.8) is 0 Å². The van der Waals surface area contributed by atoms with Gasteiger partial charge in [0.15, 0.2) is 11.9 Å². The third kappa shape index (κ3) is 2.67. The lowest BCUT2D eigenvalue weighted by atomic mass is 10.1. The molecule has 1 aromatic heterocycles. The van der Waals surface area contributed by atoms with Crippen LogP contribution in [0.15, 0.2) is 6.20 Å². The molecule has 98 valence electrons. The molecule has 0 saturated carbocycles. The highest BCUT2D eigenvalue weighted by atomic mass is 19.3. The molecule has 0 fully saturated rings. The van der Waals surface area contributed by atoms with Crippen molar-refractivity contribution in [3.8, 4) is 5.75 Å². The molecule has 0 unspecified atom stereocenters. The Bertz CT molecular complexity index is 492. The van der Waals surface area contributed by atoms with Gasteiger partial charge in [0.1, 0.15) is 0 Å². The van der Waals surface area contributed by atoms with Crippen LogP contribution in [0.2, 0.25) is 0 Å². The highest BCUT2D eigenvalue weighted by Crippen LogP contribution is 2.35. The number of carbonyl (C=O) groups is 1. The first kappa shape index (κ1) is 13.7. The molecule has 0 radical (unpaired) electrons. The number of aromatic hydroxyl groups is 1. The van der Waals surface area contributed by atoms with Crippen LogP contribution in [0.3, 0.4) is 0 Å². The van der Waals surface area contributed by atoms with Crippen molar-refractivity contribution >= 4 is 11.8 Å². The van der Waals surface area contributed by atoms with Crippen LogP contribution in [-0.2, 0) is 16.0 Å². The maximum atomic E-state index is 12.7. The molecular formula is C9H8F2N2O5. The summed E-state index contributed by atoms with van der Waals surface area (Å²) in [6.07, 6.45) is -3.40. The Kier molecular flexibility index (Phi) is 4.08. The SMILES string of the molecule is COC(=O)Cc1c([N+](=O)[O-])ncc(O)c1C(F)F. The number of carbonyl (C=O) groups excluding carboxylic acids is 1. The largest absolute Gasteiger partial charge is 0.504 e. The number of hydrogen-bond donors (Lipinski definition) is 1. The Labute approximate surface area is 99.2 Å². The Morgan fingerprint density at radius 3 is 2.72 bits per heavy atom. The molecule has 9 heteroatoms. The summed E-state index contributed by atoms with van der Waals surface area (Å²) in [7, 11) is 1.01. The molecule has 0 saturated heterocycles. The third-order valence-corrected chi connectivity index (χ3v) is 2.12. The number of halogens is 2. The standard InChI is InChI=1S/C9H8F2N2O5/c1-18-6(15)2-4-7(8(10)11)5(14)3-12-9(4)13(16)17/h3,8,14H,2H2,1H3.